The van der Waals surface area contributed by atoms with Gasteiger partial charge in [0.05, 0.1) is 28.9 Å². The second-order valence-electron chi connectivity index (χ2n) is 6.24. The second-order valence-corrected chi connectivity index (χ2v) is 6.24. The van der Waals surface area contributed by atoms with Gasteiger partial charge in [0.15, 0.2) is 5.69 Å². The molecule has 0 atom stereocenters. The molecule has 0 fully saturated rings. The lowest BCUT2D eigenvalue weighted by molar-refractivity contribution is -0.137. The number of fused-ring (bicyclic) bond motifs is 3. The number of hydrogen-bond acceptors (Lipinski definition) is 4. The van der Waals surface area contributed by atoms with Gasteiger partial charge in [-0.1, -0.05) is 30.3 Å². The predicted molar refractivity (Wildman–Crippen MR) is 99.7 cm³/mol. The molecule has 0 saturated carbocycles. The number of hydrogen-bond donors (Lipinski definition) is 1. The molecule has 0 aliphatic rings. The van der Waals surface area contributed by atoms with Crippen molar-refractivity contribution in [1.29, 1.82) is 0 Å². The van der Waals surface area contributed by atoms with Crippen LogP contribution in [-0.2, 0) is 10.9 Å². The van der Waals surface area contributed by atoms with Gasteiger partial charge in [-0.05, 0) is 25.1 Å². The van der Waals surface area contributed by atoms with E-state index in [1.165, 1.54) is 10.5 Å². The minimum Gasteiger partial charge on any atom is -0.461 e. The standard InChI is InChI=1S/C20H14F3N3O3/c1-2-29-19(28)15-16(11-6-4-3-5-7-11)26-14-9-8-12(20(21,22)23)10-13(14)24-18(27)17(26)25-15/h3-10H,2H2,1H3,(H,24,27). The van der Waals surface area contributed by atoms with Crippen molar-refractivity contribution in [3.05, 3.63) is 70.1 Å². The molecule has 2 aromatic heterocycles. The van der Waals surface area contributed by atoms with Gasteiger partial charge in [-0.3, -0.25) is 9.20 Å². The summed E-state index contributed by atoms with van der Waals surface area (Å²) in [6, 6.07) is 11.7. The van der Waals surface area contributed by atoms with Gasteiger partial charge >= 0.3 is 12.1 Å². The number of carbonyl (C=O) groups excluding carboxylic acids is 1. The third-order valence-electron chi connectivity index (χ3n) is 4.41. The number of benzene rings is 2. The molecule has 0 radical (unpaired) electrons. The molecule has 2 aromatic carbocycles. The van der Waals surface area contributed by atoms with Gasteiger partial charge in [0.25, 0.3) is 5.56 Å². The Kier molecular flexibility index (Phi) is 4.37. The van der Waals surface area contributed by atoms with Crippen molar-refractivity contribution in [3.63, 3.8) is 0 Å². The molecule has 4 aromatic rings. The summed E-state index contributed by atoms with van der Waals surface area (Å²) in [5.41, 5.74) is -0.728. The Morgan fingerprint density at radius 1 is 1.17 bits per heavy atom. The highest BCUT2D eigenvalue weighted by Gasteiger charge is 2.31. The third-order valence-corrected chi connectivity index (χ3v) is 4.41. The number of H-pyrrole nitrogens is 1. The molecule has 0 bridgehead atoms. The first-order valence-electron chi connectivity index (χ1n) is 8.69. The average molecular weight is 401 g/mol. The first-order chi connectivity index (χ1) is 13.8. The van der Waals surface area contributed by atoms with E-state index in [2.05, 4.69) is 9.97 Å². The summed E-state index contributed by atoms with van der Waals surface area (Å²) in [4.78, 5) is 31.6. The smallest absolute Gasteiger partial charge is 0.416 e. The lowest BCUT2D eigenvalue weighted by atomic mass is 10.1. The molecule has 0 amide bonds. The summed E-state index contributed by atoms with van der Waals surface area (Å²) in [6.45, 7) is 1.74. The Morgan fingerprint density at radius 2 is 1.90 bits per heavy atom. The van der Waals surface area contributed by atoms with E-state index in [0.717, 1.165) is 12.1 Å². The number of halogens is 3. The number of rotatable bonds is 3. The summed E-state index contributed by atoms with van der Waals surface area (Å²) < 4.78 is 45.7. The fourth-order valence-corrected chi connectivity index (χ4v) is 3.20. The maximum Gasteiger partial charge on any atom is 0.416 e. The number of nitrogens with zero attached hydrogens (tertiary/aromatic N) is 2. The normalized spacial score (nSPS) is 11.9. The Labute approximate surface area is 161 Å². The topological polar surface area (TPSA) is 76.5 Å². The Hall–Kier alpha value is -3.62. The van der Waals surface area contributed by atoms with Crippen LogP contribution < -0.4 is 5.56 Å². The zero-order chi connectivity index (χ0) is 20.8. The average Bonchev–Trinajstić information content (AvgIpc) is 3.09. The number of imidazole rings is 1. The quantitative estimate of drug-likeness (QED) is 0.526. The molecule has 2 heterocycles. The molecule has 0 spiro atoms. The van der Waals surface area contributed by atoms with Crippen molar-refractivity contribution in [2.45, 2.75) is 13.1 Å². The van der Waals surface area contributed by atoms with E-state index in [-0.39, 0.29) is 34.7 Å². The molecular formula is C20H14F3N3O3. The summed E-state index contributed by atoms with van der Waals surface area (Å²) in [5, 5.41) is 0. The van der Waals surface area contributed by atoms with Crippen LogP contribution >= 0.6 is 0 Å². The zero-order valence-corrected chi connectivity index (χ0v) is 15.1. The molecule has 0 saturated heterocycles. The van der Waals surface area contributed by atoms with Crippen LogP contribution in [0.4, 0.5) is 13.2 Å². The van der Waals surface area contributed by atoms with Gasteiger partial charge in [0.1, 0.15) is 0 Å². The summed E-state index contributed by atoms with van der Waals surface area (Å²) in [7, 11) is 0. The van der Waals surface area contributed by atoms with Gasteiger partial charge in [-0.25, -0.2) is 9.78 Å². The molecule has 6 nitrogen and oxygen atoms in total. The lowest BCUT2D eigenvalue weighted by Gasteiger charge is -2.10. The van der Waals surface area contributed by atoms with Crippen molar-refractivity contribution in [3.8, 4) is 11.3 Å². The van der Waals surface area contributed by atoms with E-state index in [1.807, 2.05) is 0 Å². The molecule has 1 N–H and O–H groups in total. The van der Waals surface area contributed by atoms with Crippen LogP contribution in [0.15, 0.2) is 53.3 Å². The van der Waals surface area contributed by atoms with Crippen LogP contribution in [-0.4, -0.2) is 26.9 Å². The van der Waals surface area contributed by atoms with Crippen molar-refractivity contribution < 1.29 is 22.7 Å². The monoisotopic (exact) mass is 401 g/mol. The number of nitrogens with one attached hydrogen (secondary N) is 1. The molecular weight excluding hydrogens is 387 g/mol. The van der Waals surface area contributed by atoms with E-state index >= 15 is 0 Å². The van der Waals surface area contributed by atoms with E-state index in [0.29, 0.717) is 5.56 Å². The van der Waals surface area contributed by atoms with Gasteiger partial charge < -0.3 is 9.72 Å². The van der Waals surface area contributed by atoms with E-state index in [9.17, 15) is 22.8 Å². The zero-order valence-electron chi connectivity index (χ0n) is 15.1. The number of aromatic nitrogens is 3. The third kappa shape index (κ3) is 3.14. The van der Waals surface area contributed by atoms with E-state index in [4.69, 9.17) is 4.74 Å². The SMILES string of the molecule is CCOC(=O)c1nc2c(=O)[nH]c3cc(C(F)(F)F)ccc3n2c1-c1ccccc1. The van der Waals surface area contributed by atoms with Crippen LogP contribution in [0.1, 0.15) is 23.0 Å². The summed E-state index contributed by atoms with van der Waals surface area (Å²) in [6.07, 6.45) is -4.56. The Balaban J connectivity index is 2.14. The van der Waals surface area contributed by atoms with Gasteiger partial charge in [-0.15, -0.1) is 0 Å². The Morgan fingerprint density at radius 3 is 2.55 bits per heavy atom. The highest BCUT2D eigenvalue weighted by atomic mass is 19.4. The maximum absolute atomic E-state index is 13.1. The molecule has 4 rings (SSSR count). The highest BCUT2D eigenvalue weighted by molar-refractivity contribution is 5.97. The van der Waals surface area contributed by atoms with Gasteiger partial charge in [0, 0.05) is 5.56 Å². The molecule has 0 aliphatic carbocycles. The Bertz CT molecular complexity index is 1290. The molecule has 9 heteroatoms. The lowest BCUT2D eigenvalue weighted by Crippen LogP contribution is -2.12. The number of aromatic amines is 1. The fraction of sp³-hybridized carbons (Fsp3) is 0.150. The number of alkyl halides is 3. The predicted octanol–water partition coefficient (Wildman–Crippen LogP) is 4.04. The molecule has 29 heavy (non-hydrogen) atoms. The minimum absolute atomic E-state index is 0.0256. The first kappa shape index (κ1) is 18.7. The van der Waals surface area contributed by atoms with Crippen LogP contribution in [0.3, 0.4) is 0 Å². The van der Waals surface area contributed by atoms with E-state index in [1.54, 1.807) is 37.3 Å². The van der Waals surface area contributed by atoms with E-state index < -0.39 is 23.3 Å². The molecule has 0 unspecified atom stereocenters. The second kappa shape index (κ2) is 6.77. The molecule has 148 valence electrons. The van der Waals surface area contributed by atoms with Crippen LogP contribution in [0.5, 0.6) is 0 Å². The van der Waals surface area contributed by atoms with Gasteiger partial charge in [0.2, 0.25) is 5.65 Å². The highest BCUT2D eigenvalue weighted by Crippen LogP contribution is 2.32. The molecule has 0 aliphatic heterocycles. The number of carbonyl (C=O) groups is 1. The first-order valence-corrected chi connectivity index (χ1v) is 8.69. The van der Waals surface area contributed by atoms with Crippen LogP contribution in [0, 0.1) is 0 Å². The van der Waals surface area contributed by atoms with Crippen molar-refractivity contribution in [2.24, 2.45) is 0 Å². The summed E-state index contributed by atoms with van der Waals surface area (Å²) >= 11 is 0. The van der Waals surface area contributed by atoms with Crippen LogP contribution in [0.2, 0.25) is 0 Å². The fourth-order valence-electron chi connectivity index (χ4n) is 3.20. The minimum atomic E-state index is -4.56. The maximum atomic E-state index is 13.1. The van der Waals surface area contributed by atoms with Crippen molar-refractivity contribution >= 4 is 22.6 Å². The van der Waals surface area contributed by atoms with Crippen LogP contribution in [0.25, 0.3) is 27.9 Å². The van der Waals surface area contributed by atoms with Crippen molar-refractivity contribution in [2.75, 3.05) is 6.61 Å². The number of ether oxygens (including phenoxy) is 1. The van der Waals surface area contributed by atoms with Crippen molar-refractivity contribution in [1.82, 2.24) is 14.4 Å². The largest absolute Gasteiger partial charge is 0.461 e. The summed E-state index contributed by atoms with van der Waals surface area (Å²) in [5.74, 6) is -0.727. The van der Waals surface area contributed by atoms with Gasteiger partial charge in [-0.2, -0.15) is 13.2 Å². The number of esters is 1.